The maximum atomic E-state index is 14.3. The van der Waals surface area contributed by atoms with Gasteiger partial charge in [-0.05, 0) is 74.9 Å². The molecule has 0 bridgehead atoms. The minimum Gasteiger partial charge on any atom is -0.459 e. The molecule has 0 aliphatic carbocycles. The fourth-order valence-corrected chi connectivity index (χ4v) is 8.93. The third-order valence-corrected chi connectivity index (χ3v) is 12.6. The van der Waals surface area contributed by atoms with E-state index in [1.54, 1.807) is 55.6 Å². The second-order valence-electron chi connectivity index (χ2n) is 17.7. The van der Waals surface area contributed by atoms with Gasteiger partial charge >= 0.3 is 5.97 Å². The zero-order valence-electron chi connectivity index (χ0n) is 37.3. The van der Waals surface area contributed by atoms with Crippen molar-refractivity contribution in [2.75, 3.05) is 48.3 Å². The number of methoxy groups -OCH3 is 2. The van der Waals surface area contributed by atoms with Gasteiger partial charge in [0.15, 0.2) is 12.6 Å². The summed E-state index contributed by atoms with van der Waals surface area (Å²) in [6, 6.07) is -0.328. The zero-order chi connectivity index (χ0) is 43.9. The topological polar surface area (TPSA) is 217 Å². The normalized spacial score (nSPS) is 45.8. The Morgan fingerprint density at radius 3 is 2.14 bits per heavy atom. The van der Waals surface area contributed by atoms with E-state index in [1.807, 2.05) is 32.8 Å². The van der Waals surface area contributed by atoms with Crippen LogP contribution in [-0.2, 0) is 47.5 Å². The molecule has 3 fully saturated rings. The first kappa shape index (κ1) is 50.8. The fraction of sp³-hybridized carbons (Fsp3) is 0.951. The molecule has 3 saturated heterocycles. The summed E-state index contributed by atoms with van der Waals surface area (Å²) >= 11 is 0. The van der Waals surface area contributed by atoms with Crippen LogP contribution in [0.3, 0.4) is 0 Å². The summed E-state index contributed by atoms with van der Waals surface area (Å²) in [4.78, 5) is 21.8. The summed E-state index contributed by atoms with van der Waals surface area (Å²) in [5.41, 5.74) is -4.49. The van der Waals surface area contributed by atoms with E-state index in [2.05, 4.69) is 5.16 Å². The highest BCUT2D eigenvalue weighted by atomic mass is 16.7. The number of nitrogens with zero attached hydrogens (tertiary/aromatic N) is 2. The Balaban J connectivity index is 2.22. The van der Waals surface area contributed by atoms with Crippen LogP contribution in [0.25, 0.3) is 0 Å². The molecule has 3 rings (SSSR count). The number of oxime groups is 1. The Morgan fingerprint density at radius 1 is 0.897 bits per heavy atom. The molecule has 58 heavy (non-hydrogen) atoms. The number of aliphatic hydroxyl groups is 5. The summed E-state index contributed by atoms with van der Waals surface area (Å²) in [5.74, 6) is -4.14. The Hall–Kier alpha value is -1.58. The molecule has 2 unspecified atom stereocenters. The fourth-order valence-electron chi connectivity index (χ4n) is 8.93. The average Bonchev–Trinajstić information content (AvgIpc) is 3.15. The predicted molar refractivity (Wildman–Crippen MR) is 212 cm³/mol. The minimum atomic E-state index is -1.97. The maximum Gasteiger partial charge on any atom is 0.311 e. The van der Waals surface area contributed by atoms with Gasteiger partial charge in [0.25, 0.3) is 0 Å². The Morgan fingerprint density at radius 2 is 1.55 bits per heavy atom. The van der Waals surface area contributed by atoms with Crippen LogP contribution in [-0.4, -0.2) is 175 Å². The first-order valence-corrected chi connectivity index (χ1v) is 20.8. The SMILES string of the molecule is CC[C@H]1OC(=O)[C@H](C)C(O[C@H]2C[C@@](C)(OC)[C@@H](O)[C@H](C)O2)[C@H](C)[C@@H](OC2O[C@H](C)C[C@H](N(C)C)[C@H]2O)[C@](C)(O)C[C@@H](C)/C(=N/OCOCCOC)[C@H](C)[C@@H](O)[C@]1(C)O. The first-order valence-electron chi connectivity index (χ1n) is 20.8. The van der Waals surface area contributed by atoms with E-state index in [0.29, 0.717) is 18.7 Å². The lowest BCUT2D eigenvalue weighted by atomic mass is 9.73. The van der Waals surface area contributed by atoms with Crippen LogP contribution in [0.1, 0.15) is 94.9 Å². The van der Waals surface area contributed by atoms with Gasteiger partial charge in [0.2, 0.25) is 6.79 Å². The van der Waals surface area contributed by atoms with Crippen molar-refractivity contribution in [3.63, 3.8) is 0 Å². The van der Waals surface area contributed by atoms with Crippen LogP contribution in [0.2, 0.25) is 0 Å². The van der Waals surface area contributed by atoms with Crippen molar-refractivity contribution in [2.24, 2.45) is 28.8 Å². The molecule has 0 amide bonds. The molecule has 0 saturated carbocycles. The highest BCUT2D eigenvalue weighted by Crippen LogP contribution is 2.41. The highest BCUT2D eigenvalue weighted by Gasteiger charge is 2.53. The van der Waals surface area contributed by atoms with Crippen molar-refractivity contribution in [2.45, 2.75) is 179 Å². The molecule has 0 radical (unpaired) electrons. The number of likely N-dealkylation sites (N-methyl/N-ethyl adjacent to an activating group) is 1. The molecule has 17 heteroatoms. The van der Waals surface area contributed by atoms with E-state index >= 15 is 0 Å². The lowest BCUT2D eigenvalue weighted by Crippen LogP contribution is -2.61. The van der Waals surface area contributed by atoms with Crippen molar-refractivity contribution < 1.29 is 73.1 Å². The second kappa shape index (κ2) is 21.5. The lowest BCUT2D eigenvalue weighted by molar-refractivity contribution is -0.317. The summed E-state index contributed by atoms with van der Waals surface area (Å²) in [6.45, 7) is 17.3. The van der Waals surface area contributed by atoms with Gasteiger partial charge in [-0.2, -0.15) is 0 Å². The Bertz CT molecular complexity index is 1300. The molecule has 0 aromatic heterocycles. The number of hydrogen-bond donors (Lipinski definition) is 5. The largest absolute Gasteiger partial charge is 0.459 e. The van der Waals surface area contributed by atoms with Gasteiger partial charge in [-0.15, -0.1) is 0 Å². The van der Waals surface area contributed by atoms with Crippen LogP contribution in [0, 0.1) is 23.7 Å². The van der Waals surface area contributed by atoms with E-state index in [9.17, 15) is 30.3 Å². The molecule has 17 nitrogen and oxygen atoms in total. The molecular formula is C41H76N2O15. The number of carbonyl (C=O) groups is 1. The van der Waals surface area contributed by atoms with Gasteiger partial charge in [-0.25, -0.2) is 0 Å². The smallest absolute Gasteiger partial charge is 0.311 e. The number of rotatable bonds is 13. The number of esters is 1. The van der Waals surface area contributed by atoms with E-state index in [0.717, 1.165) is 0 Å². The molecule has 0 spiro atoms. The maximum absolute atomic E-state index is 14.3. The molecule has 3 aliphatic heterocycles. The van der Waals surface area contributed by atoms with Crippen LogP contribution in [0.4, 0.5) is 0 Å². The summed E-state index contributed by atoms with van der Waals surface area (Å²) in [7, 11) is 6.76. The van der Waals surface area contributed by atoms with Crippen molar-refractivity contribution in [3.8, 4) is 0 Å². The summed E-state index contributed by atoms with van der Waals surface area (Å²) in [6.07, 6.45) is -9.49. The van der Waals surface area contributed by atoms with Crippen LogP contribution in [0.15, 0.2) is 5.16 Å². The number of hydrogen-bond acceptors (Lipinski definition) is 17. The van der Waals surface area contributed by atoms with Gasteiger partial charge in [-0.3, -0.25) is 4.79 Å². The molecule has 0 aromatic rings. The predicted octanol–water partition coefficient (Wildman–Crippen LogP) is 2.21. The number of ether oxygens (including phenoxy) is 8. The summed E-state index contributed by atoms with van der Waals surface area (Å²) in [5, 5.41) is 63.6. The third-order valence-electron chi connectivity index (χ3n) is 12.6. The average molecular weight is 837 g/mol. The van der Waals surface area contributed by atoms with Crippen molar-refractivity contribution in [1.29, 1.82) is 0 Å². The first-order chi connectivity index (χ1) is 27.0. The van der Waals surface area contributed by atoms with Gasteiger partial charge < -0.3 is 73.2 Å². The Labute approximate surface area is 345 Å². The van der Waals surface area contributed by atoms with E-state index in [-0.39, 0.29) is 44.8 Å². The van der Waals surface area contributed by atoms with Gasteiger partial charge in [-0.1, -0.05) is 32.9 Å². The number of carbonyl (C=O) groups excluding carboxylic acids is 1. The lowest BCUT2D eigenvalue weighted by Gasteiger charge is -2.49. The molecular weight excluding hydrogens is 760 g/mol. The zero-order valence-corrected chi connectivity index (χ0v) is 37.3. The van der Waals surface area contributed by atoms with E-state index < -0.39 is 102 Å². The highest BCUT2D eigenvalue weighted by molar-refractivity contribution is 5.88. The Kier molecular flexibility index (Phi) is 18.8. The molecule has 5 N–H and O–H groups in total. The van der Waals surface area contributed by atoms with Crippen molar-refractivity contribution in [1.82, 2.24) is 4.90 Å². The second-order valence-corrected chi connectivity index (χ2v) is 17.7. The number of cyclic esters (lactones) is 1. The van der Waals surface area contributed by atoms with Crippen LogP contribution < -0.4 is 0 Å². The van der Waals surface area contributed by atoms with Crippen LogP contribution in [0.5, 0.6) is 0 Å². The summed E-state index contributed by atoms with van der Waals surface area (Å²) < 4.78 is 48.1. The molecule has 18 atom stereocenters. The third kappa shape index (κ3) is 12.1. The molecule has 340 valence electrons. The van der Waals surface area contributed by atoms with Gasteiger partial charge in [0.1, 0.15) is 23.9 Å². The van der Waals surface area contributed by atoms with E-state index in [1.165, 1.54) is 14.0 Å². The van der Waals surface area contributed by atoms with Crippen molar-refractivity contribution in [3.05, 3.63) is 0 Å². The van der Waals surface area contributed by atoms with E-state index in [4.69, 9.17) is 42.7 Å². The minimum absolute atomic E-state index is 0.0307. The monoisotopic (exact) mass is 837 g/mol. The van der Waals surface area contributed by atoms with Crippen molar-refractivity contribution >= 4 is 11.7 Å². The molecule has 3 heterocycles. The van der Waals surface area contributed by atoms with Gasteiger partial charge in [0, 0.05) is 44.4 Å². The number of aliphatic hydroxyl groups excluding tert-OH is 3. The van der Waals surface area contributed by atoms with Gasteiger partial charge in [0.05, 0.1) is 66.6 Å². The quantitative estimate of drug-likeness (QED) is 0.0778. The molecule has 0 aromatic carbocycles. The van der Waals surface area contributed by atoms with Crippen LogP contribution >= 0.6 is 0 Å². The molecule has 3 aliphatic rings. The standard InChI is InChI=1S/C41H76N2O15/c1-15-29-41(10,49)34(45)24(4)31(42-53-21-52-17-16-50-13)22(2)19-39(8,48)36(58-38-32(44)28(43(11)12)18-23(3)54-38)25(5)33(26(6)37(47)56-29)57-30-20-40(9,51-14)35(46)27(7)55-30/h22-30,32-36,38,44-46,48-49H,15-21H2,1-14H3/b42-31-/t22-,23-,24+,25+,26-,27+,28+,29-,30+,32-,33?,34-,35+,36-,38?,39-,40-,41-/m1/s1.